The van der Waals surface area contributed by atoms with Crippen LogP contribution in [0.1, 0.15) is 85.7 Å². The van der Waals surface area contributed by atoms with Gasteiger partial charge in [-0.3, -0.25) is 29.4 Å². The molecule has 1 amide bonds. The number of hydrogen-bond acceptors (Lipinski definition) is 9. The number of aromatic nitrogens is 5. The van der Waals surface area contributed by atoms with Crippen LogP contribution in [0.2, 0.25) is 0 Å². The van der Waals surface area contributed by atoms with E-state index in [2.05, 4.69) is 80.1 Å². The first kappa shape index (κ1) is 43.3. The van der Waals surface area contributed by atoms with E-state index in [1.165, 1.54) is 74.3 Å². The van der Waals surface area contributed by atoms with Gasteiger partial charge in [-0.2, -0.15) is 0 Å². The van der Waals surface area contributed by atoms with Gasteiger partial charge in [0.25, 0.3) is 5.91 Å². The Bertz CT molecular complexity index is 2610. The Morgan fingerprint density at radius 1 is 0.762 bits per heavy atom. The van der Waals surface area contributed by atoms with Gasteiger partial charge in [-0.05, 0) is 113 Å². The molecule has 3 aromatic carbocycles. The molecular weight excluding hydrogens is 783 g/mol. The third kappa shape index (κ3) is 9.97. The number of fused-ring (bicyclic) bond motifs is 1. The van der Waals surface area contributed by atoms with Gasteiger partial charge >= 0.3 is 0 Å². The molecule has 7 aromatic rings. The van der Waals surface area contributed by atoms with Crippen molar-refractivity contribution < 1.29 is 9.59 Å². The summed E-state index contributed by atoms with van der Waals surface area (Å²) in [5.74, 6) is -0.157. The van der Waals surface area contributed by atoms with E-state index < -0.39 is 0 Å². The molecule has 0 aliphatic carbocycles. The van der Waals surface area contributed by atoms with Crippen LogP contribution in [0.15, 0.2) is 116 Å². The minimum atomic E-state index is -0.157. The lowest BCUT2D eigenvalue weighted by atomic mass is 9.89. The number of aryl methyl sites for hydroxylation is 3. The van der Waals surface area contributed by atoms with Gasteiger partial charge in [0.05, 0.1) is 29.2 Å². The maximum Gasteiger partial charge on any atom is 0.255 e. The fraction of sp³-hybridized carbons (Fsp3) is 0.308. The molecule has 9 rings (SSSR count). The van der Waals surface area contributed by atoms with Crippen LogP contribution in [0.3, 0.4) is 0 Å². The highest BCUT2D eigenvalue weighted by atomic mass is 16.1. The molecule has 2 aliphatic heterocycles. The maximum absolute atomic E-state index is 12.8. The van der Waals surface area contributed by atoms with Crippen molar-refractivity contribution in [3.8, 4) is 22.5 Å². The van der Waals surface area contributed by atoms with Crippen molar-refractivity contribution in [1.82, 2.24) is 39.6 Å². The van der Waals surface area contributed by atoms with Crippen molar-refractivity contribution in [2.75, 3.05) is 51.6 Å². The first-order valence-electron chi connectivity index (χ1n) is 22.0. The second-order valence-corrected chi connectivity index (χ2v) is 17.0. The first-order valence-corrected chi connectivity index (χ1v) is 22.0. The number of piperazine rings is 1. The predicted molar refractivity (Wildman–Crippen MR) is 252 cm³/mol. The molecule has 2 unspecified atom stereocenters. The number of carbonyl (C=O) groups excluding carboxylic acids is 2. The molecule has 0 radical (unpaired) electrons. The summed E-state index contributed by atoms with van der Waals surface area (Å²) in [4.78, 5) is 53.5. The number of benzene rings is 3. The number of rotatable bonds is 10. The highest BCUT2D eigenvalue weighted by molar-refractivity contribution is 6.05. The summed E-state index contributed by atoms with van der Waals surface area (Å²) in [6.45, 7) is 15.3. The smallest absolute Gasteiger partial charge is 0.255 e. The average molecular weight is 840 g/mol. The third-order valence-corrected chi connectivity index (χ3v) is 12.7. The number of likely N-dealkylation sites (tertiary alicyclic amines) is 1. The van der Waals surface area contributed by atoms with Gasteiger partial charge in [-0.25, -0.2) is 9.97 Å². The number of carbonyl (C=O) groups is 2. The molecule has 2 atom stereocenters. The van der Waals surface area contributed by atoms with Gasteiger partial charge in [-0.1, -0.05) is 66.2 Å². The number of H-pyrrole nitrogens is 1. The maximum atomic E-state index is 12.8. The topological polar surface area (TPSA) is 123 Å². The Morgan fingerprint density at radius 2 is 1.43 bits per heavy atom. The lowest BCUT2D eigenvalue weighted by molar-refractivity contribution is 0.0549. The number of hydrogen-bond donors (Lipinski definition) is 2. The zero-order valence-electron chi connectivity index (χ0n) is 37.0. The van der Waals surface area contributed by atoms with Gasteiger partial charge in [0.1, 0.15) is 18.3 Å². The molecule has 2 saturated heterocycles. The summed E-state index contributed by atoms with van der Waals surface area (Å²) in [5, 5.41) is 3.90. The normalized spacial score (nSPS) is 17.2. The second kappa shape index (κ2) is 19.8. The predicted octanol–water partition coefficient (Wildman–Crippen LogP) is 9.58. The van der Waals surface area contributed by atoms with E-state index in [1.54, 1.807) is 12.1 Å². The molecule has 11 heteroatoms. The number of likely N-dealkylation sites (N-methyl/N-ethyl adjacent to an activating group) is 1. The molecule has 4 aromatic heterocycles. The van der Waals surface area contributed by atoms with Gasteiger partial charge < -0.3 is 15.2 Å². The van der Waals surface area contributed by atoms with Crippen LogP contribution in [0.25, 0.3) is 33.5 Å². The summed E-state index contributed by atoms with van der Waals surface area (Å²) in [6.07, 6.45) is 9.86. The van der Waals surface area contributed by atoms with Crippen LogP contribution in [-0.4, -0.2) is 98.1 Å². The fourth-order valence-corrected chi connectivity index (χ4v) is 8.95. The largest absolute Gasteiger partial charge is 0.339 e. The van der Waals surface area contributed by atoms with Crippen LogP contribution in [0.4, 0.5) is 5.69 Å². The van der Waals surface area contributed by atoms with E-state index in [0.717, 1.165) is 64.1 Å². The van der Waals surface area contributed by atoms with Gasteiger partial charge in [0, 0.05) is 85.1 Å². The number of nitrogens with one attached hydrogen (secondary N) is 2. The number of amides is 1. The number of piperidine rings is 1. The van der Waals surface area contributed by atoms with Crippen molar-refractivity contribution in [3.05, 3.63) is 161 Å². The number of pyridine rings is 2. The van der Waals surface area contributed by atoms with Crippen molar-refractivity contribution in [3.63, 3.8) is 0 Å². The van der Waals surface area contributed by atoms with Crippen LogP contribution >= 0.6 is 0 Å². The van der Waals surface area contributed by atoms with Gasteiger partial charge in [0.2, 0.25) is 0 Å². The lowest BCUT2D eigenvalue weighted by Crippen LogP contribution is -2.48. The number of aldehydes is 1. The minimum Gasteiger partial charge on any atom is -0.339 e. The minimum absolute atomic E-state index is 0.157. The van der Waals surface area contributed by atoms with Crippen molar-refractivity contribution in [2.45, 2.75) is 59.0 Å². The van der Waals surface area contributed by atoms with Crippen molar-refractivity contribution >= 4 is 28.9 Å². The van der Waals surface area contributed by atoms with E-state index >= 15 is 0 Å². The number of aromatic amines is 1. The summed E-state index contributed by atoms with van der Waals surface area (Å²) >= 11 is 0. The molecule has 0 spiro atoms. The second-order valence-electron chi connectivity index (χ2n) is 17.0. The molecule has 2 fully saturated rings. The summed E-state index contributed by atoms with van der Waals surface area (Å²) in [7, 11) is 2.22. The Labute approximate surface area is 370 Å². The summed E-state index contributed by atoms with van der Waals surface area (Å²) in [5.41, 5.74) is 13.3. The van der Waals surface area contributed by atoms with Gasteiger partial charge in [0.15, 0.2) is 0 Å². The van der Waals surface area contributed by atoms with Crippen LogP contribution in [0, 0.1) is 27.7 Å². The lowest BCUT2D eigenvalue weighted by Gasteiger charge is -2.44. The molecular formula is C52H57N9O2. The Morgan fingerprint density at radius 3 is 2.06 bits per heavy atom. The zero-order valence-corrected chi connectivity index (χ0v) is 37.0. The van der Waals surface area contributed by atoms with E-state index in [4.69, 9.17) is 9.97 Å². The highest BCUT2D eigenvalue weighted by Crippen LogP contribution is 2.42. The molecule has 6 heterocycles. The summed E-state index contributed by atoms with van der Waals surface area (Å²) in [6, 6.07) is 31.9. The molecule has 2 aliphatic rings. The van der Waals surface area contributed by atoms with Crippen LogP contribution in [-0.2, 0) is 0 Å². The number of anilines is 1. The zero-order chi connectivity index (χ0) is 43.9. The van der Waals surface area contributed by atoms with E-state index in [0.29, 0.717) is 28.9 Å². The number of nitrogens with zero attached hydrogens (tertiary/aromatic N) is 7. The van der Waals surface area contributed by atoms with E-state index in [9.17, 15) is 9.59 Å². The molecule has 0 bridgehead atoms. The molecule has 2 N–H and O–H groups in total. The van der Waals surface area contributed by atoms with Crippen LogP contribution < -0.4 is 5.32 Å². The standard InChI is InChI=1S/C28H22N4O2.C24H35N5/c1-17-6-10-21(11-7-17)28(34)32-24-5-3-4-22(18(24)2)26-23-14-25(31-27(23)30-16-29-26)20-12-8-19(15-33)9-13-20;1-19-7-5-11-25-23(19)21-9-4-10-22(24-20(2)8-6-12-26-24)29(21)18-17-28-15-13-27(3)14-16-28/h3-16H,1-2H3,(H,32,34)(H,29,30,31);5-8,11-12,21-22H,4,9-10,13-18H2,1-3H3. The molecule has 322 valence electrons. The van der Waals surface area contributed by atoms with Gasteiger partial charge in [-0.15, -0.1) is 0 Å². The monoisotopic (exact) mass is 839 g/mol. The van der Waals surface area contributed by atoms with Crippen molar-refractivity contribution in [1.29, 1.82) is 0 Å². The average Bonchev–Trinajstić information content (AvgIpc) is 3.75. The quantitative estimate of drug-likeness (QED) is 0.130. The summed E-state index contributed by atoms with van der Waals surface area (Å²) < 4.78 is 0. The molecule has 11 nitrogen and oxygen atoms in total. The Hall–Kier alpha value is -6.40. The Kier molecular flexibility index (Phi) is 13.6. The van der Waals surface area contributed by atoms with Crippen LogP contribution in [0.5, 0.6) is 0 Å². The van der Waals surface area contributed by atoms with E-state index in [1.807, 2.05) is 86.9 Å². The third-order valence-electron chi connectivity index (χ3n) is 12.7. The Balaban J connectivity index is 0.000000175. The first-order chi connectivity index (χ1) is 30.7. The molecule has 63 heavy (non-hydrogen) atoms. The highest BCUT2D eigenvalue weighted by Gasteiger charge is 2.35. The van der Waals surface area contributed by atoms with Crippen molar-refractivity contribution in [2.24, 2.45) is 0 Å². The van der Waals surface area contributed by atoms with E-state index in [-0.39, 0.29) is 5.91 Å². The molecule has 0 saturated carbocycles. The SMILES string of the molecule is Cc1ccc(C(=O)Nc2cccc(-c3ncnc4[nH]c(-c5ccc(C=O)cc5)cc34)c2C)cc1.Cc1cccnc1C1CCCC(c2ncccc2C)N1CCN1CCN(C)CC1. The fourth-order valence-electron chi connectivity index (χ4n) is 8.95.